The second kappa shape index (κ2) is 8.61. The molecular weight excluding hydrogens is 435 g/mol. The van der Waals surface area contributed by atoms with Crippen molar-refractivity contribution in [2.45, 2.75) is 25.9 Å². The molecule has 0 aliphatic carbocycles. The summed E-state index contributed by atoms with van der Waals surface area (Å²) in [4.78, 5) is 17.8. The van der Waals surface area contributed by atoms with Crippen LogP contribution in [0.15, 0.2) is 42.6 Å². The minimum absolute atomic E-state index is 0.310. The lowest BCUT2D eigenvalue weighted by Crippen LogP contribution is -2.55. The third-order valence-electron chi connectivity index (χ3n) is 6.10. The Labute approximate surface area is 192 Å². The number of hydrogen-bond acceptors (Lipinski definition) is 4. The topological polar surface area (TPSA) is 49.7 Å². The molecule has 4 rings (SSSR count). The van der Waals surface area contributed by atoms with Crippen LogP contribution < -0.4 is 15.0 Å². The number of benzene rings is 2. The SMILES string of the molecule is COc1cc2ccn(C(=O)Nc3cccc(Cl)c3Cl)c2cc1N1CC(C)N(C)C(C)C1. The Morgan fingerprint density at radius 3 is 2.52 bits per heavy atom. The van der Waals surface area contributed by atoms with E-state index in [0.29, 0.717) is 27.8 Å². The summed E-state index contributed by atoms with van der Waals surface area (Å²) in [7, 11) is 3.84. The van der Waals surface area contributed by atoms with Crippen molar-refractivity contribution in [1.29, 1.82) is 0 Å². The molecule has 1 aromatic heterocycles. The van der Waals surface area contributed by atoms with Crippen LogP contribution in [0, 0.1) is 0 Å². The maximum Gasteiger partial charge on any atom is 0.330 e. The number of likely N-dealkylation sites (N-methyl/N-ethyl adjacent to an activating group) is 1. The van der Waals surface area contributed by atoms with Crippen LogP contribution in [0.25, 0.3) is 10.9 Å². The van der Waals surface area contributed by atoms with E-state index < -0.39 is 0 Å². The number of methoxy groups -OCH3 is 1. The average molecular weight is 461 g/mol. The lowest BCUT2D eigenvalue weighted by atomic mass is 10.1. The average Bonchev–Trinajstić information content (AvgIpc) is 3.17. The summed E-state index contributed by atoms with van der Waals surface area (Å²) in [6.07, 6.45) is 1.75. The number of ether oxygens (including phenoxy) is 1. The van der Waals surface area contributed by atoms with Gasteiger partial charge in [-0.1, -0.05) is 29.3 Å². The number of carbonyl (C=O) groups excluding carboxylic acids is 1. The number of nitrogens with zero attached hydrogens (tertiary/aromatic N) is 3. The van der Waals surface area contributed by atoms with Gasteiger partial charge in [0.15, 0.2) is 0 Å². The predicted molar refractivity (Wildman–Crippen MR) is 128 cm³/mol. The van der Waals surface area contributed by atoms with Crippen LogP contribution in [-0.4, -0.2) is 54.8 Å². The molecule has 2 heterocycles. The Hall–Kier alpha value is -2.41. The van der Waals surface area contributed by atoms with Crippen molar-refractivity contribution in [1.82, 2.24) is 9.47 Å². The van der Waals surface area contributed by atoms with Crippen LogP contribution >= 0.6 is 23.2 Å². The second-order valence-electron chi connectivity index (χ2n) is 8.07. The summed E-state index contributed by atoms with van der Waals surface area (Å²) in [6, 6.07) is 11.6. The van der Waals surface area contributed by atoms with Gasteiger partial charge >= 0.3 is 6.03 Å². The zero-order valence-corrected chi connectivity index (χ0v) is 19.5. The van der Waals surface area contributed by atoms with Crippen LogP contribution in [0.2, 0.25) is 10.0 Å². The van der Waals surface area contributed by atoms with Gasteiger partial charge in [0.25, 0.3) is 0 Å². The van der Waals surface area contributed by atoms with E-state index in [4.69, 9.17) is 27.9 Å². The Kier molecular flexibility index (Phi) is 6.06. The summed E-state index contributed by atoms with van der Waals surface area (Å²) >= 11 is 12.3. The molecule has 8 heteroatoms. The highest BCUT2D eigenvalue weighted by atomic mass is 35.5. The molecule has 31 heavy (non-hydrogen) atoms. The van der Waals surface area contributed by atoms with Crippen LogP contribution in [0.4, 0.5) is 16.2 Å². The molecule has 2 unspecified atom stereocenters. The smallest absolute Gasteiger partial charge is 0.330 e. The molecule has 0 spiro atoms. The molecule has 0 bridgehead atoms. The maximum absolute atomic E-state index is 13.0. The molecule has 1 N–H and O–H groups in total. The molecule has 2 aromatic carbocycles. The third kappa shape index (κ3) is 4.07. The number of halogens is 2. The maximum atomic E-state index is 13.0. The minimum atomic E-state index is -0.310. The number of hydrogen-bond donors (Lipinski definition) is 1. The van der Waals surface area contributed by atoms with E-state index in [1.54, 1.807) is 36.1 Å². The van der Waals surface area contributed by atoms with Gasteiger partial charge < -0.3 is 15.0 Å². The number of anilines is 2. The number of amides is 1. The lowest BCUT2D eigenvalue weighted by molar-refractivity contribution is 0.169. The van der Waals surface area contributed by atoms with Crippen molar-refractivity contribution in [3.05, 3.63) is 52.6 Å². The van der Waals surface area contributed by atoms with Gasteiger partial charge in [0.1, 0.15) is 5.75 Å². The summed E-state index contributed by atoms with van der Waals surface area (Å²) in [5.74, 6) is 0.799. The van der Waals surface area contributed by atoms with Crippen molar-refractivity contribution in [2.24, 2.45) is 0 Å². The number of carbonyl (C=O) groups is 1. The molecule has 1 fully saturated rings. The second-order valence-corrected chi connectivity index (χ2v) is 8.85. The van der Waals surface area contributed by atoms with Crippen molar-refractivity contribution < 1.29 is 9.53 Å². The fourth-order valence-corrected chi connectivity index (χ4v) is 4.46. The van der Waals surface area contributed by atoms with E-state index in [2.05, 4.69) is 36.0 Å². The molecule has 2 atom stereocenters. The monoisotopic (exact) mass is 460 g/mol. The van der Waals surface area contributed by atoms with Gasteiger partial charge in [0.2, 0.25) is 0 Å². The van der Waals surface area contributed by atoms with Crippen LogP contribution in [0.3, 0.4) is 0 Å². The van der Waals surface area contributed by atoms with E-state index in [1.165, 1.54) is 0 Å². The van der Waals surface area contributed by atoms with Crippen LogP contribution in [-0.2, 0) is 0 Å². The number of fused-ring (bicyclic) bond motifs is 1. The molecule has 1 aliphatic heterocycles. The fraction of sp³-hybridized carbons (Fsp3) is 0.348. The third-order valence-corrected chi connectivity index (χ3v) is 6.92. The summed E-state index contributed by atoms with van der Waals surface area (Å²) < 4.78 is 7.28. The minimum Gasteiger partial charge on any atom is -0.495 e. The summed E-state index contributed by atoms with van der Waals surface area (Å²) in [5.41, 5.74) is 2.25. The molecule has 1 aliphatic rings. The molecule has 164 valence electrons. The zero-order chi connectivity index (χ0) is 22.3. The molecule has 1 saturated heterocycles. The van der Waals surface area contributed by atoms with Gasteiger partial charge in [-0.3, -0.25) is 9.47 Å². The Morgan fingerprint density at radius 1 is 1.13 bits per heavy atom. The largest absolute Gasteiger partial charge is 0.495 e. The Balaban J connectivity index is 1.71. The van der Waals surface area contributed by atoms with E-state index in [1.807, 2.05) is 18.2 Å². The van der Waals surface area contributed by atoms with E-state index in [-0.39, 0.29) is 6.03 Å². The van der Waals surface area contributed by atoms with Crippen molar-refractivity contribution >= 4 is 51.5 Å². The molecule has 0 radical (unpaired) electrons. The van der Waals surface area contributed by atoms with E-state index in [0.717, 1.165) is 35.4 Å². The normalized spacial score (nSPS) is 19.6. The van der Waals surface area contributed by atoms with Crippen molar-refractivity contribution in [3.63, 3.8) is 0 Å². The summed E-state index contributed by atoms with van der Waals surface area (Å²) in [6.45, 7) is 6.21. The standard InChI is InChI=1S/C23H26Cl2N4O2/c1-14-12-28(13-15(2)27(14)3)20-11-19-16(10-21(20)31-4)8-9-29(19)23(30)26-18-7-5-6-17(24)22(18)25/h5-11,14-15H,12-13H2,1-4H3,(H,26,30). The van der Waals surface area contributed by atoms with Crippen LogP contribution in [0.1, 0.15) is 13.8 Å². The van der Waals surface area contributed by atoms with Gasteiger partial charge in [-0.25, -0.2) is 4.79 Å². The number of aromatic nitrogens is 1. The van der Waals surface area contributed by atoms with E-state index in [9.17, 15) is 4.79 Å². The van der Waals surface area contributed by atoms with Crippen molar-refractivity contribution in [2.75, 3.05) is 37.5 Å². The quantitative estimate of drug-likeness (QED) is 0.555. The predicted octanol–water partition coefficient (Wildman–Crippen LogP) is 5.57. The first-order valence-corrected chi connectivity index (χ1v) is 11.0. The Bertz CT molecular complexity index is 1120. The Morgan fingerprint density at radius 2 is 1.84 bits per heavy atom. The highest BCUT2D eigenvalue weighted by Gasteiger charge is 2.28. The first kappa shape index (κ1) is 21.8. The number of rotatable bonds is 3. The number of piperazine rings is 1. The van der Waals surface area contributed by atoms with Gasteiger partial charge in [-0.05, 0) is 51.2 Å². The molecule has 6 nitrogen and oxygen atoms in total. The zero-order valence-electron chi connectivity index (χ0n) is 18.0. The molecule has 3 aromatic rings. The first-order valence-electron chi connectivity index (χ1n) is 10.2. The van der Waals surface area contributed by atoms with Gasteiger partial charge in [-0.2, -0.15) is 0 Å². The van der Waals surface area contributed by atoms with Gasteiger partial charge in [0, 0.05) is 36.8 Å². The van der Waals surface area contributed by atoms with Gasteiger partial charge in [-0.15, -0.1) is 0 Å². The fourth-order valence-electron chi connectivity index (χ4n) is 4.11. The highest BCUT2D eigenvalue weighted by molar-refractivity contribution is 6.44. The number of nitrogens with one attached hydrogen (secondary N) is 1. The van der Waals surface area contributed by atoms with Crippen molar-refractivity contribution in [3.8, 4) is 5.75 Å². The first-order chi connectivity index (χ1) is 14.8. The van der Waals surface area contributed by atoms with Crippen LogP contribution in [0.5, 0.6) is 5.75 Å². The highest BCUT2D eigenvalue weighted by Crippen LogP contribution is 2.36. The molecule has 1 amide bonds. The molecular formula is C23H26Cl2N4O2. The molecule has 0 saturated carbocycles. The summed E-state index contributed by atoms with van der Waals surface area (Å²) in [5, 5.41) is 4.48. The van der Waals surface area contributed by atoms with E-state index >= 15 is 0 Å². The lowest BCUT2D eigenvalue weighted by Gasteiger charge is -2.43. The van der Waals surface area contributed by atoms with Gasteiger partial charge in [0.05, 0.1) is 34.0 Å².